The third-order valence-electron chi connectivity index (χ3n) is 4.55. The number of aromatic nitrogens is 2. The maximum atomic E-state index is 11.9. The molecule has 6 nitrogen and oxygen atoms in total. The molecule has 0 aliphatic rings. The Morgan fingerprint density at radius 1 is 1.17 bits per heavy atom. The van der Waals surface area contributed by atoms with Crippen LogP contribution in [-0.4, -0.2) is 28.5 Å². The lowest BCUT2D eigenvalue weighted by Crippen LogP contribution is -2.35. The lowest BCUT2D eigenvalue weighted by Gasteiger charge is -2.21. The lowest BCUT2D eigenvalue weighted by molar-refractivity contribution is -0.166. The predicted molar refractivity (Wildman–Crippen MR) is 114 cm³/mol. The number of nitrogens with zero attached hydrogens (tertiary/aromatic N) is 2. The zero-order valence-corrected chi connectivity index (χ0v) is 17.4. The van der Waals surface area contributed by atoms with Gasteiger partial charge in [0.25, 0.3) is 0 Å². The van der Waals surface area contributed by atoms with Gasteiger partial charge in [0.1, 0.15) is 0 Å². The van der Waals surface area contributed by atoms with Crippen molar-refractivity contribution in [1.29, 1.82) is 0 Å². The van der Waals surface area contributed by atoms with Crippen molar-refractivity contribution in [2.75, 3.05) is 12.8 Å². The first kappa shape index (κ1) is 20.9. The zero-order valence-electron chi connectivity index (χ0n) is 16.7. The minimum absolute atomic E-state index is 0.160. The molecule has 0 bridgehead atoms. The van der Waals surface area contributed by atoms with E-state index >= 15 is 0 Å². The van der Waals surface area contributed by atoms with Crippen LogP contribution in [0.15, 0.2) is 54.6 Å². The molecule has 7 heteroatoms. The molecule has 1 heterocycles. The summed E-state index contributed by atoms with van der Waals surface area (Å²) in [4.78, 5) is 11.9. The first-order chi connectivity index (χ1) is 13.8. The average Bonchev–Trinajstić information content (AvgIpc) is 3.10. The van der Waals surface area contributed by atoms with Crippen LogP contribution in [0.1, 0.15) is 25.1 Å². The van der Waals surface area contributed by atoms with Crippen LogP contribution in [0.3, 0.4) is 0 Å². The van der Waals surface area contributed by atoms with Crippen molar-refractivity contribution in [3.8, 4) is 11.3 Å². The molecule has 0 aliphatic carbocycles. The number of nitrogens with two attached hydrogens (primary N) is 1. The second-order valence-electron chi connectivity index (χ2n) is 7.19. The number of ether oxygens (including phenoxy) is 2. The third kappa shape index (κ3) is 4.96. The van der Waals surface area contributed by atoms with E-state index in [-0.39, 0.29) is 6.61 Å². The van der Waals surface area contributed by atoms with E-state index < -0.39 is 11.6 Å². The van der Waals surface area contributed by atoms with E-state index in [1.54, 1.807) is 13.8 Å². The molecule has 0 unspecified atom stereocenters. The molecule has 0 atom stereocenters. The highest BCUT2D eigenvalue weighted by atomic mass is 35.5. The molecule has 0 aliphatic heterocycles. The monoisotopic (exact) mass is 413 g/mol. The molecule has 0 amide bonds. The van der Waals surface area contributed by atoms with Crippen LogP contribution in [-0.2, 0) is 27.4 Å². The van der Waals surface area contributed by atoms with Gasteiger partial charge in [-0.2, -0.15) is 5.10 Å². The second-order valence-corrected chi connectivity index (χ2v) is 7.59. The fraction of sp³-hybridized carbons (Fsp3) is 0.273. The molecule has 0 saturated carbocycles. The number of rotatable bonds is 7. The molecular formula is C22H24ClN3O3. The van der Waals surface area contributed by atoms with Crippen LogP contribution < -0.4 is 5.73 Å². The molecule has 0 fully saturated rings. The Kier molecular flexibility index (Phi) is 6.25. The molecule has 3 rings (SSSR count). The Labute approximate surface area is 175 Å². The number of carbonyl (C=O) groups excluding carboxylic acids is 1. The third-order valence-corrected chi connectivity index (χ3v) is 4.92. The van der Waals surface area contributed by atoms with Gasteiger partial charge in [-0.25, -0.2) is 4.79 Å². The Balaban J connectivity index is 1.93. The summed E-state index contributed by atoms with van der Waals surface area (Å²) in [6, 6.07) is 17.2. The number of anilines is 1. The van der Waals surface area contributed by atoms with Crippen molar-refractivity contribution < 1.29 is 14.3 Å². The fourth-order valence-corrected chi connectivity index (χ4v) is 3.13. The number of hydrogen-bond donors (Lipinski definition) is 1. The topological polar surface area (TPSA) is 79.4 Å². The number of nitrogen functional groups attached to an aromatic ring is 1. The molecule has 0 saturated heterocycles. The van der Waals surface area contributed by atoms with Crippen molar-refractivity contribution in [3.05, 3.63) is 70.9 Å². The Morgan fingerprint density at radius 3 is 2.62 bits per heavy atom. The van der Waals surface area contributed by atoms with Crippen LogP contribution in [0, 0.1) is 0 Å². The smallest absolute Gasteiger partial charge is 0.337 e. The maximum Gasteiger partial charge on any atom is 0.337 e. The largest absolute Gasteiger partial charge is 0.467 e. The van der Waals surface area contributed by atoms with Crippen LogP contribution in [0.4, 0.5) is 5.69 Å². The molecule has 152 valence electrons. The number of halogens is 1. The van der Waals surface area contributed by atoms with E-state index in [0.29, 0.717) is 22.9 Å². The van der Waals surface area contributed by atoms with Crippen molar-refractivity contribution >= 4 is 23.3 Å². The first-order valence-corrected chi connectivity index (χ1v) is 9.56. The highest BCUT2D eigenvalue weighted by Gasteiger charge is 2.30. The lowest BCUT2D eigenvalue weighted by atomic mass is 10.1. The second kappa shape index (κ2) is 8.68. The van der Waals surface area contributed by atoms with Gasteiger partial charge in [0.15, 0.2) is 5.60 Å². The molecule has 29 heavy (non-hydrogen) atoms. The number of benzene rings is 2. The first-order valence-electron chi connectivity index (χ1n) is 9.18. The van der Waals surface area contributed by atoms with E-state index in [9.17, 15) is 4.79 Å². The molecule has 2 aromatic carbocycles. The normalized spacial score (nSPS) is 11.4. The Morgan fingerprint density at radius 2 is 1.93 bits per heavy atom. The fourth-order valence-electron chi connectivity index (χ4n) is 2.94. The molecule has 0 spiro atoms. The summed E-state index contributed by atoms with van der Waals surface area (Å²) >= 11 is 6.34. The molecular weight excluding hydrogens is 390 g/mol. The zero-order chi connectivity index (χ0) is 21.0. The van der Waals surface area contributed by atoms with Crippen LogP contribution in [0.5, 0.6) is 0 Å². The van der Waals surface area contributed by atoms with Crippen molar-refractivity contribution in [1.82, 2.24) is 9.78 Å². The highest BCUT2D eigenvalue weighted by Crippen LogP contribution is 2.26. The summed E-state index contributed by atoms with van der Waals surface area (Å²) in [6.45, 7) is 3.98. The van der Waals surface area contributed by atoms with Gasteiger partial charge in [0, 0.05) is 16.3 Å². The number of carbonyl (C=O) groups is 1. The Hall–Kier alpha value is -2.83. The van der Waals surface area contributed by atoms with Gasteiger partial charge in [-0.1, -0.05) is 41.9 Å². The van der Waals surface area contributed by atoms with E-state index in [2.05, 4.69) is 5.10 Å². The molecule has 2 N–H and O–H groups in total. The van der Waals surface area contributed by atoms with Gasteiger partial charge in [0.2, 0.25) is 0 Å². The molecule has 1 aromatic heterocycles. The van der Waals surface area contributed by atoms with E-state index in [1.807, 2.05) is 59.3 Å². The van der Waals surface area contributed by atoms with Gasteiger partial charge in [-0.15, -0.1) is 0 Å². The molecule has 3 aromatic rings. The van der Waals surface area contributed by atoms with Crippen LogP contribution >= 0.6 is 11.6 Å². The van der Waals surface area contributed by atoms with Gasteiger partial charge < -0.3 is 15.2 Å². The summed E-state index contributed by atoms with van der Waals surface area (Å²) in [5.74, 6) is -0.441. The van der Waals surface area contributed by atoms with Gasteiger partial charge >= 0.3 is 5.97 Å². The number of methoxy groups -OCH3 is 1. The van der Waals surface area contributed by atoms with E-state index in [1.165, 1.54) is 7.11 Å². The van der Waals surface area contributed by atoms with Crippen LogP contribution in [0.25, 0.3) is 11.3 Å². The number of esters is 1. The summed E-state index contributed by atoms with van der Waals surface area (Å²) in [6.07, 6.45) is 0. The van der Waals surface area contributed by atoms with Crippen LogP contribution in [0.2, 0.25) is 5.02 Å². The van der Waals surface area contributed by atoms with Crippen molar-refractivity contribution in [3.63, 3.8) is 0 Å². The summed E-state index contributed by atoms with van der Waals surface area (Å²) < 4.78 is 12.4. The summed E-state index contributed by atoms with van der Waals surface area (Å²) in [5.41, 5.74) is 9.01. The maximum absolute atomic E-state index is 11.9. The van der Waals surface area contributed by atoms with Crippen molar-refractivity contribution in [2.45, 2.75) is 32.6 Å². The highest BCUT2D eigenvalue weighted by molar-refractivity contribution is 6.31. The van der Waals surface area contributed by atoms with E-state index in [0.717, 1.165) is 16.8 Å². The van der Waals surface area contributed by atoms with E-state index in [4.69, 9.17) is 26.8 Å². The summed E-state index contributed by atoms with van der Waals surface area (Å²) in [5, 5.41) is 5.35. The SMILES string of the molecule is COC(=O)C(C)(C)OCc1cc(-c2cccc(N)c2)n(Cc2ccccc2Cl)n1. The van der Waals surface area contributed by atoms with Gasteiger partial charge in [0.05, 0.1) is 31.6 Å². The van der Waals surface area contributed by atoms with Gasteiger partial charge in [-0.05, 0) is 43.7 Å². The quantitative estimate of drug-likeness (QED) is 0.461. The Bertz CT molecular complexity index is 1010. The molecule has 0 radical (unpaired) electrons. The average molecular weight is 414 g/mol. The standard InChI is InChI=1S/C22H24ClN3O3/c1-22(2,21(27)28-3)29-14-18-12-20(15-8-6-9-17(24)11-15)26(25-18)13-16-7-4-5-10-19(16)23/h4-12H,13-14,24H2,1-3H3. The minimum atomic E-state index is -1.07. The predicted octanol–water partition coefficient (Wildman–Crippen LogP) is 4.30. The summed E-state index contributed by atoms with van der Waals surface area (Å²) in [7, 11) is 1.34. The minimum Gasteiger partial charge on any atom is -0.467 e. The van der Waals surface area contributed by atoms with Gasteiger partial charge in [-0.3, -0.25) is 4.68 Å². The number of hydrogen-bond acceptors (Lipinski definition) is 5. The van der Waals surface area contributed by atoms with Crippen molar-refractivity contribution in [2.24, 2.45) is 0 Å².